The van der Waals surface area contributed by atoms with E-state index in [1.807, 2.05) is 0 Å². The van der Waals surface area contributed by atoms with E-state index >= 15 is 0 Å². The molecule has 0 radical (unpaired) electrons. The van der Waals surface area contributed by atoms with Gasteiger partial charge in [-0.1, -0.05) is 23.2 Å². The highest BCUT2D eigenvalue weighted by Gasteiger charge is 2.24. The van der Waals surface area contributed by atoms with Crippen molar-refractivity contribution in [3.63, 3.8) is 0 Å². The zero-order chi connectivity index (χ0) is 20.1. The van der Waals surface area contributed by atoms with Crippen LogP contribution in [0.1, 0.15) is 10.4 Å². The van der Waals surface area contributed by atoms with Gasteiger partial charge in [-0.25, -0.2) is 8.78 Å². The van der Waals surface area contributed by atoms with Gasteiger partial charge in [-0.15, -0.1) is 0 Å². The summed E-state index contributed by atoms with van der Waals surface area (Å²) < 4.78 is 71.0. The molecule has 2 aromatic rings. The van der Waals surface area contributed by atoms with Crippen LogP contribution in [0.15, 0.2) is 30.6 Å². The summed E-state index contributed by atoms with van der Waals surface area (Å²) in [5.41, 5.74) is -0.248. The van der Waals surface area contributed by atoms with Gasteiger partial charge in [0.05, 0.1) is 15.7 Å². The first-order valence-electron chi connectivity index (χ1n) is 6.97. The van der Waals surface area contributed by atoms with Gasteiger partial charge in [0, 0.05) is 18.0 Å². The highest BCUT2D eigenvalue weighted by Crippen LogP contribution is 2.33. The molecule has 1 unspecified atom stereocenters. The van der Waals surface area contributed by atoms with E-state index in [1.54, 1.807) is 0 Å². The Hall–Kier alpha value is -2.33. The van der Waals surface area contributed by atoms with Gasteiger partial charge in [0.1, 0.15) is 0 Å². The van der Waals surface area contributed by atoms with Crippen molar-refractivity contribution in [2.24, 2.45) is 0 Å². The van der Waals surface area contributed by atoms with E-state index in [2.05, 4.69) is 19.8 Å². The summed E-state index contributed by atoms with van der Waals surface area (Å²) in [7, 11) is 0. The highest BCUT2D eigenvalue weighted by molar-refractivity contribution is 6.39. The minimum Gasteiger partial charge on any atom is -0.451 e. The fraction of sp³-hybridized carbons (Fsp3) is 0.200. The van der Waals surface area contributed by atoms with E-state index in [1.165, 1.54) is 12.4 Å². The van der Waals surface area contributed by atoms with Crippen molar-refractivity contribution in [2.75, 3.05) is 5.32 Å². The first-order chi connectivity index (χ1) is 12.7. The van der Waals surface area contributed by atoms with Crippen molar-refractivity contribution in [2.45, 2.75) is 19.4 Å². The highest BCUT2D eigenvalue weighted by atomic mass is 35.5. The Bertz CT molecular complexity index is 806. The lowest BCUT2D eigenvalue weighted by Gasteiger charge is -2.16. The van der Waals surface area contributed by atoms with Gasteiger partial charge >= 0.3 is 13.0 Å². The third-order valence-corrected chi connectivity index (χ3v) is 3.52. The van der Waals surface area contributed by atoms with Crippen LogP contribution in [0.5, 0.6) is 11.5 Å². The molecule has 1 amide bonds. The van der Waals surface area contributed by atoms with E-state index in [9.17, 15) is 26.7 Å². The number of nitrogens with one attached hydrogen (secondary N) is 1. The Morgan fingerprint density at radius 3 is 2.19 bits per heavy atom. The second-order valence-electron chi connectivity index (χ2n) is 4.78. The number of alkyl halides is 5. The molecule has 1 aromatic heterocycles. The van der Waals surface area contributed by atoms with Crippen molar-refractivity contribution in [1.82, 2.24) is 4.98 Å². The van der Waals surface area contributed by atoms with Crippen LogP contribution in [-0.4, -0.2) is 30.3 Å². The van der Waals surface area contributed by atoms with Crippen LogP contribution in [0.25, 0.3) is 0 Å². The number of aromatic nitrogens is 1. The number of rotatable bonds is 7. The zero-order valence-corrected chi connectivity index (χ0v) is 14.4. The minimum absolute atomic E-state index is 0.00431. The molecule has 12 heteroatoms. The van der Waals surface area contributed by atoms with Crippen molar-refractivity contribution in [3.8, 4) is 11.5 Å². The standard InChI is InChI=1S/C15H9Cl2F5N2O3/c16-7-4-23-5-8(17)11(7)24-14(25)6-1-2-9(27-15(21)22)10(3-6)26-13(20)12(18)19/h1-5,12-13,15H,(H,23,24,25). The maximum absolute atomic E-state index is 13.2. The van der Waals surface area contributed by atoms with Crippen LogP contribution in [-0.2, 0) is 0 Å². The summed E-state index contributed by atoms with van der Waals surface area (Å²) in [6.45, 7) is -3.33. The van der Waals surface area contributed by atoms with E-state index in [0.717, 1.165) is 18.2 Å². The van der Waals surface area contributed by atoms with E-state index in [0.29, 0.717) is 0 Å². The van der Waals surface area contributed by atoms with Crippen LogP contribution in [0.3, 0.4) is 0 Å². The second kappa shape index (κ2) is 9.05. The molecule has 0 saturated carbocycles. The number of carbonyl (C=O) groups excluding carboxylic acids is 1. The topological polar surface area (TPSA) is 60.5 Å². The summed E-state index contributed by atoms with van der Waals surface area (Å²) in [5, 5.41) is 2.34. The molecule has 5 nitrogen and oxygen atoms in total. The fourth-order valence-corrected chi connectivity index (χ4v) is 2.28. The number of nitrogens with zero attached hydrogens (tertiary/aromatic N) is 1. The monoisotopic (exact) mass is 430 g/mol. The predicted octanol–water partition coefficient (Wildman–Crippen LogP) is 5.18. The van der Waals surface area contributed by atoms with Crippen molar-refractivity contribution in [3.05, 3.63) is 46.2 Å². The van der Waals surface area contributed by atoms with E-state index < -0.39 is 36.8 Å². The number of hydrogen-bond donors (Lipinski definition) is 1. The number of pyridine rings is 1. The lowest BCUT2D eigenvalue weighted by molar-refractivity contribution is -0.0765. The fourth-order valence-electron chi connectivity index (χ4n) is 1.82. The molecule has 1 heterocycles. The molecule has 2 rings (SSSR count). The minimum atomic E-state index is -3.55. The third kappa shape index (κ3) is 5.57. The van der Waals surface area contributed by atoms with Crippen molar-refractivity contribution >= 4 is 34.8 Å². The molecule has 0 aliphatic carbocycles. The Kier molecular flexibility index (Phi) is 7.03. The molecular weight excluding hydrogens is 422 g/mol. The Morgan fingerprint density at radius 2 is 1.63 bits per heavy atom. The summed E-state index contributed by atoms with van der Waals surface area (Å²) in [4.78, 5) is 16.0. The number of ether oxygens (including phenoxy) is 2. The number of anilines is 1. The van der Waals surface area contributed by atoms with E-state index in [-0.39, 0.29) is 21.3 Å². The van der Waals surface area contributed by atoms with Crippen molar-refractivity contribution < 1.29 is 36.2 Å². The molecule has 27 heavy (non-hydrogen) atoms. The molecule has 0 fully saturated rings. The number of halogens is 7. The smallest absolute Gasteiger partial charge is 0.387 e. The molecule has 0 saturated heterocycles. The quantitative estimate of drug-likeness (QED) is 0.614. The molecule has 0 bridgehead atoms. The maximum Gasteiger partial charge on any atom is 0.387 e. The second-order valence-corrected chi connectivity index (χ2v) is 5.59. The molecule has 146 valence electrons. The maximum atomic E-state index is 13.2. The number of benzene rings is 1. The van der Waals surface area contributed by atoms with Crippen LogP contribution in [0.4, 0.5) is 27.6 Å². The molecule has 0 spiro atoms. The Balaban J connectivity index is 2.32. The van der Waals surface area contributed by atoms with Gasteiger partial charge in [-0.05, 0) is 18.2 Å². The zero-order valence-electron chi connectivity index (χ0n) is 12.9. The van der Waals surface area contributed by atoms with Crippen LogP contribution in [0.2, 0.25) is 10.0 Å². The largest absolute Gasteiger partial charge is 0.451 e. The molecule has 1 atom stereocenters. The van der Waals surface area contributed by atoms with Gasteiger partial charge in [0.2, 0.25) is 0 Å². The SMILES string of the molecule is O=C(Nc1c(Cl)cncc1Cl)c1ccc(OC(F)F)c(OC(F)C(F)F)c1. The lowest BCUT2D eigenvalue weighted by Crippen LogP contribution is -2.21. The lowest BCUT2D eigenvalue weighted by atomic mass is 10.2. The molecule has 0 aliphatic heterocycles. The molecule has 1 aromatic carbocycles. The molecule has 0 aliphatic rings. The normalized spacial score (nSPS) is 12.2. The summed E-state index contributed by atoms with van der Waals surface area (Å²) in [6.07, 6.45) is -4.26. The van der Waals surface area contributed by atoms with Crippen molar-refractivity contribution in [1.29, 1.82) is 0 Å². The number of amides is 1. The Morgan fingerprint density at radius 1 is 1.00 bits per heavy atom. The summed E-state index contributed by atoms with van der Waals surface area (Å²) >= 11 is 11.7. The average Bonchev–Trinajstić information content (AvgIpc) is 2.59. The van der Waals surface area contributed by atoms with Crippen LogP contribution in [0, 0.1) is 0 Å². The van der Waals surface area contributed by atoms with E-state index in [4.69, 9.17) is 23.2 Å². The predicted molar refractivity (Wildman–Crippen MR) is 86.8 cm³/mol. The summed E-state index contributed by atoms with van der Waals surface area (Å²) in [5.74, 6) is -2.40. The van der Waals surface area contributed by atoms with Gasteiger partial charge in [-0.3, -0.25) is 9.78 Å². The number of hydrogen-bond acceptors (Lipinski definition) is 4. The van der Waals surface area contributed by atoms with Gasteiger partial charge < -0.3 is 14.8 Å². The van der Waals surface area contributed by atoms with Gasteiger partial charge in [0.25, 0.3) is 12.3 Å². The average molecular weight is 431 g/mol. The third-order valence-electron chi connectivity index (χ3n) is 2.95. The van der Waals surface area contributed by atoms with Gasteiger partial charge in [-0.2, -0.15) is 13.2 Å². The van der Waals surface area contributed by atoms with Crippen LogP contribution < -0.4 is 14.8 Å². The number of carbonyl (C=O) groups is 1. The van der Waals surface area contributed by atoms with Gasteiger partial charge in [0.15, 0.2) is 11.5 Å². The first-order valence-corrected chi connectivity index (χ1v) is 7.72. The summed E-state index contributed by atoms with van der Waals surface area (Å²) in [6, 6.07) is 2.62. The Labute approximate surface area is 159 Å². The first kappa shape index (κ1) is 21.0. The van der Waals surface area contributed by atoms with Crippen LogP contribution >= 0.6 is 23.2 Å². The molecule has 1 N–H and O–H groups in total. The molecular formula is C15H9Cl2F5N2O3.